The summed E-state index contributed by atoms with van der Waals surface area (Å²) in [6, 6.07) is 4.18. The van der Waals surface area contributed by atoms with Gasteiger partial charge in [0.2, 0.25) is 5.91 Å². The van der Waals surface area contributed by atoms with Crippen molar-refractivity contribution in [1.29, 1.82) is 10.5 Å². The van der Waals surface area contributed by atoms with Crippen LogP contribution in [0.1, 0.15) is 19.8 Å². The van der Waals surface area contributed by atoms with Gasteiger partial charge in [-0.1, -0.05) is 6.92 Å². The lowest BCUT2D eigenvalue weighted by molar-refractivity contribution is -0.132. The van der Waals surface area contributed by atoms with Gasteiger partial charge in [-0.15, -0.1) is 0 Å². The summed E-state index contributed by atoms with van der Waals surface area (Å²) >= 11 is 0. The fraction of sp³-hybridized carbons (Fsp3) is 0.769. The third kappa shape index (κ3) is 4.86. The summed E-state index contributed by atoms with van der Waals surface area (Å²) in [5.74, 6) is 0.381. The van der Waals surface area contributed by atoms with E-state index >= 15 is 0 Å². The molecule has 0 aliphatic carbocycles. The van der Waals surface area contributed by atoms with Gasteiger partial charge in [-0.25, -0.2) is 0 Å². The van der Waals surface area contributed by atoms with Crippen molar-refractivity contribution < 1.29 is 4.79 Å². The minimum Gasteiger partial charge on any atom is -0.340 e. The van der Waals surface area contributed by atoms with Crippen molar-refractivity contribution in [3.63, 3.8) is 0 Å². The normalized spacial score (nSPS) is 22.7. The van der Waals surface area contributed by atoms with E-state index in [2.05, 4.69) is 6.92 Å². The van der Waals surface area contributed by atoms with Gasteiger partial charge in [0, 0.05) is 32.2 Å². The second-order valence-corrected chi connectivity index (χ2v) is 5.03. The minimum absolute atomic E-state index is 0.0215. The van der Waals surface area contributed by atoms with Crippen LogP contribution in [0.15, 0.2) is 0 Å². The summed E-state index contributed by atoms with van der Waals surface area (Å²) in [6.45, 7) is 4.76. The molecule has 1 rings (SSSR count). The fourth-order valence-electron chi connectivity index (χ4n) is 2.25. The largest absolute Gasteiger partial charge is 0.340 e. The predicted molar refractivity (Wildman–Crippen MR) is 70.6 cm³/mol. The lowest BCUT2D eigenvalue weighted by Crippen LogP contribution is -2.41. The number of hydrogen-bond acceptors (Lipinski definition) is 5. The second-order valence-electron chi connectivity index (χ2n) is 5.03. The van der Waals surface area contributed by atoms with Crippen LogP contribution in [0.3, 0.4) is 0 Å². The van der Waals surface area contributed by atoms with Crippen LogP contribution in [0.5, 0.6) is 0 Å². The molecule has 1 saturated heterocycles. The van der Waals surface area contributed by atoms with Gasteiger partial charge in [0.25, 0.3) is 0 Å². The molecule has 2 N–H and O–H groups in total. The quantitative estimate of drug-likeness (QED) is 0.723. The first-order valence-electron chi connectivity index (χ1n) is 6.58. The van der Waals surface area contributed by atoms with Crippen LogP contribution in [-0.2, 0) is 4.79 Å². The Kier molecular flexibility index (Phi) is 6.27. The van der Waals surface area contributed by atoms with E-state index in [-0.39, 0.29) is 11.9 Å². The number of nitrogens with zero attached hydrogens (tertiary/aromatic N) is 4. The van der Waals surface area contributed by atoms with E-state index in [9.17, 15) is 4.79 Å². The number of amides is 1. The highest BCUT2D eigenvalue weighted by Crippen LogP contribution is 2.14. The van der Waals surface area contributed by atoms with E-state index in [1.54, 1.807) is 4.90 Å². The third-order valence-corrected chi connectivity index (χ3v) is 3.44. The number of rotatable bonds is 6. The Bertz CT molecular complexity index is 355. The molecule has 104 valence electrons. The van der Waals surface area contributed by atoms with Gasteiger partial charge in [0.05, 0.1) is 31.5 Å². The molecule has 2 atom stereocenters. The molecule has 19 heavy (non-hydrogen) atoms. The molecule has 6 nitrogen and oxygen atoms in total. The first kappa shape index (κ1) is 15.4. The van der Waals surface area contributed by atoms with Crippen LogP contribution in [0.25, 0.3) is 0 Å². The van der Waals surface area contributed by atoms with Gasteiger partial charge >= 0.3 is 0 Å². The standard InChI is InChI=1S/C13H21N5O/c1-11-8-17(9-12(11)16)10-13(19)18(6-2-4-14)7-3-5-15/h11-12H,2-3,6-10,16H2,1H3. The predicted octanol–water partition coefficient (Wildman–Crippen LogP) is -0.0786. The SMILES string of the molecule is CC1CN(CC(=O)N(CCC#N)CCC#N)CC1N. The van der Waals surface area contributed by atoms with Crippen molar-refractivity contribution in [3.8, 4) is 12.1 Å². The van der Waals surface area contributed by atoms with E-state index in [0.29, 0.717) is 38.4 Å². The summed E-state index contributed by atoms with van der Waals surface area (Å²) in [5, 5.41) is 17.2. The maximum Gasteiger partial charge on any atom is 0.236 e. The molecule has 1 aliphatic rings. The third-order valence-electron chi connectivity index (χ3n) is 3.44. The number of likely N-dealkylation sites (tertiary alicyclic amines) is 1. The van der Waals surface area contributed by atoms with Crippen LogP contribution in [0.4, 0.5) is 0 Å². The summed E-state index contributed by atoms with van der Waals surface area (Å²) in [7, 11) is 0. The number of nitrogens with two attached hydrogens (primary N) is 1. The van der Waals surface area contributed by atoms with Crippen molar-refractivity contribution in [2.75, 3.05) is 32.7 Å². The molecule has 0 radical (unpaired) electrons. The van der Waals surface area contributed by atoms with Gasteiger partial charge in [-0.05, 0) is 5.92 Å². The van der Waals surface area contributed by atoms with Crippen LogP contribution >= 0.6 is 0 Å². The van der Waals surface area contributed by atoms with Crippen molar-refractivity contribution in [2.45, 2.75) is 25.8 Å². The highest BCUT2D eigenvalue weighted by atomic mass is 16.2. The summed E-state index contributed by atoms with van der Waals surface area (Å²) in [6.07, 6.45) is 0.597. The maximum absolute atomic E-state index is 12.1. The van der Waals surface area contributed by atoms with Crippen molar-refractivity contribution in [1.82, 2.24) is 9.80 Å². The second kappa shape index (κ2) is 7.73. The van der Waals surface area contributed by atoms with Gasteiger partial charge in [-0.3, -0.25) is 9.69 Å². The molecule has 0 aromatic rings. The van der Waals surface area contributed by atoms with Crippen LogP contribution in [-0.4, -0.2) is 54.5 Å². The molecular formula is C13H21N5O. The monoisotopic (exact) mass is 263 g/mol. The summed E-state index contributed by atoms with van der Waals surface area (Å²) < 4.78 is 0. The summed E-state index contributed by atoms with van der Waals surface area (Å²) in [4.78, 5) is 15.8. The zero-order valence-corrected chi connectivity index (χ0v) is 11.4. The Morgan fingerprint density at radius 3 is 2.32 bits per heavy atom. The smallest absolute Gasteiger partial charge is 0.236 e. The molecule has 0 aromatic carbocycles. The van der Waals surface area contributed by atoms with Crippen LogP contribution < -0.4 is 5.73 Å². The van der Waals surface area contributed by atoms with E-state index in [1.807, 2.05) is 17.0 Å². The molecule has 0 aromatic heterocycles. The number of carbonyl (C=O) groups excluding carboxylic acids is 1. The Morgan fingerprint density at radius 1 is 1.32 bits per heavy atom. The van der Waals surface area contributed by atoms with Gasteiger partial charge in [0.1, 0.15) is 0 Å². The molecule has 6 heteroatoms. The molecule has 1 fully saturated rings. The lowest BCUT2D eigenvalue weighted by atomic mass is 10.1. The van der Waals surface area contributed by atoms with Gasteiger partial charge < -0.3 is 10.6 Å². The Labute approximate surface area is 114 Å². The van der Waals surface area contributed by atoms with Crippen molar-refractivity contribution in [3.05, 3.63) is 0 Å². The Hall–Kier alpha value is -1.63. The molecule has 1 heterocycles. The summed E-state index contributed by atoms with van der Waals surface area (Å²) in [5.41, 5.74) is 5.93. The molecule has 0 bridgehead atoms. The van der Waals surface area contributed by atoms with Crippen LogP contribution in [0.2, 0.25) is 0 Å². The maximum atomic E-state index is 12.1. The van der Waals surface area contributed by atoms with Gasteiger partial charge in [-0.2, -0.15) is 10.5 Å². The van der Waals surface area contributed by atoms with Crippen molar-refractivity contribution in [2.24, 2.45) is 11.7 Å². The topological polar surface area (TPSA) is 97.1 Å². The molecular weight excluding hydrogens is 242 g/mol. The molecule has 0 spiro atoms. The van der Waals surface area contributed by atoms with E-state index in [1.165, 1.54) is 0 Å². The fourth-order valence-corrected chi connectivity index (χ4v) is 2.25. The lowest BCUT2D eigenvalue weighted by Gasteiger charge is -2.23. The number of carbonyl (C=O) groups is 1. The highest BCUT2D eigenvalue weighted by molar-refractivity contribution is 5.78. The van der Waals surface area contributed by atoms with E-state index in [0.717, 1.165) is 13.1 Å². The Morgan fingerprint density at radius 2 is 1.89 bits per heavy atom. The average Bonchev–Trinajstić information content (AvgIpc) is 2.68. The zero-order valence-electron chi connectivity index (χ0n) is 11.4. The average molecular weight is 263 g/mol. The zero-order chi connectivity index (χ0) is 14.3. The molecule has 1 amide bonds. The molecule has 0 saturated carbocycles. The number of hydrogen-bond donors (Lipinski definition) is 1. The van der Waals surface area contributed by atoms with E-state index in [4.69, 9.17) is 16.3 Å². The first-order chi connectivity index (χ1) is 9.08. The molecule has 2 unspecified atom stereocenters. The Balaban J connectivity index is 2.47. The minimum atomic E-state index is -0.0215. The van der Waals surface area contributed by atoms with E-state index < -0.39 is 0 Å². The van der Waals surface area contributed by atoms with Gasteiger partial charge in [0.15, 0.2) is 0 Å². The molecule has 1 aliphatic heterocycles. The van der Waals surface area contributed by atoms with Crippen molar-refractivity contribution >= 4 is 5.91 Å². The number of nitriles is 2. The van der Waals surface area contributed by atoms with Crippen LogP contribution in [0, 0.1) is 28.6 Å². The first-order valence-corrected chi connectivity index (χ1v) is 6.58. The highest BCUT2D eigenvalue weighted by Gasteiger charge is 2.28.